The number of hydrogen-bond donors (Lipinski definition) is 1. The maximum Gasteiger partial charge on any atom is 0.123 e. The number of halogens is 1. The summed E-state index contributed by atoms with van der Waals surface area (Å²) in [6, 6.07) is 6.90. The molecular formula is C14H16FNS. The van der Waals surface area contributed by atoms with Crippen LogP contribution in [0.25, 0.3) is 0 Å². The first-order chi connectivity index (χ1) is 8.16. The second kappa shape index (κ2) is 5.43. The van der Waals surface area contributed by atoms with Gasteiger partial charge in [0.05, 0.1) is 0 Å². The van der Waals surface area contributed by atoms with Gasteiger partial charge in [0.15, 0.2) is 0 Å². The van der Waals surface area contributed by atoms with Crippen molar-refractivity contribution in [1.29, 1.82) is 0 Å². The van der Waals surface area contributed by atoms with E-state index >= 15 is 0 Å². The van der Waals surface area contributed by atoms with Gasteiger partial charge in [-0.05, 0) is 53.4 Å². The molecule has 0 spiro atoms. The molecular weight excluding hydrogens is 233 g/mol. The Morgan fingerprint density at radius 2 is 2.18 bits per heavy atom. The number of aryl methyl sites for hydroxylation is 1. The van der Waals surface area contributed by atoms with Gasteiger partial charge in [0.2, 0.25) is 0 Å². The number of rotatable bonds is 4. The molecule has 1 N–H and O–H groups in total. The number of benzene rings is 1. The van der Waals surface area contributed by atoms with Gasteiger partial charge in [0, 0.05) is 12.6 Å². The van der Waals surface area contributed by atoms with Gasteiger partial charge >= 0.3 is 0 Å². The predicted octanol–water partition coefficient (Wildman–Crippen LogP) is 4.05. The van der Waals surface area contributed by atoms with Crippen LogP contribution in [0.15, 0.2) is 35.0 Å². The molecule has 0 bridgehead atoms. The van der Waals surface area contributed by atoms with Crippen molar-refractivity contribution < 1.29 is 4.39 Å². The molecule has 2 aromatic rings. The molecule has 3 heteroatoms. The zero-order valence-electron chi connectivity index (χ0n) is 10.0. The van der Waals surface area contributed by atoms with Crippen LogP contribution in [0.3, 0.4) is 0 Å². The van der Waals surface area contributed by atoms with Crippen LogP contribution in [0.5, 0.6) is 0 Å². The van der Waals surface area contributed by atoms with Gasteiger partial charge in [-0.15, -0.1) is 0 Å². The zero-order chi connectivity index (χ0) is 12.3. The molecule has 0 aliphatic heterocycles. The van der Waals surface area contributed by atoms with Crippen molar-refractivity contribution in [3.05, 3.63) is 57.5 Å². The lowest BCUT2D eigenvalue weighted by molar-refractivity contribution is 0.565. The number of nitrogens with one attached hydrogen (secondary N) is 1. The fourth-order valence-corrected chi connectivity index (χ4v) is 2.58. The van der Waals surface area contributed by atoms with E-state index in [0.717, 1.165) is 12.1 Å². The van der Waals surface area contributed by atoms with Gasteiger partial charge in [-0.2, -0.15) is 11.3 Å². The van der Waals surface area contributed by atoms with Crippen molar-refractivity contribution in [3.63, 3.8) is 0 Å². The maximum absolute atomic E-state index is 13.1. The normalized spacial score (nSPS) is 12.6. The van der Waals surface area contributed by atoms with Gasteiger partial charge < -0.3 is 5.32 Å². The highest BCUT2D eigenvalue weighted by Gasteiger charge is 2.06. The Labute approximate surface area is 105 Å². The molecule has 0 saturated carbocycles. The summed E-state index contributed by atoms with van der Waals surface area (Å²) in [5, 5.41) is 7.71. The standard InChI is InChI=1S/C14H16FNS/c1-10-8-17-9-13(10)7-16-11(2)12-4-3-5-14(15)6-12/h3-6,8-9,11,16H,7H2,1-2H3. The van der Waals surface area contributed by atoms with Crippen molar-refractivity contribution in [2.24, 2.45) is 0 Å². The van der Waals surface area contributed by atoms with Crippen LogP contribution in [0, 0.1) is 12.7 Å². The lowest BCUT2D eigenvalue weighted by Crippen LogP contribution is -2.18. The van der Waals surface area contributed by atoms with Gasteiger partial charge in [0.1, 0.15) is 5.82 Å². The van der Waals surface area contributed by atoms with E-state index in [1.807, 2.05) is 6.07 Å². The Hall–Kier alpha value is -1.19. The van der Waals surface area contributed by atoms with Crippen molar-refractivity contribution in [2.45, 2.75) is 26.4 Å². The molecule has 1 atom stereocenters. The van der Waals surface area contributed by atoms with E-state index in [1.54, 1.807) is 23.5 Å². The molecule has 17 heavy (non-hydrogen) atoms. The van der Waals surface area contributed by atoms with E-state index in [0.29, 0.717) is 0 Å². The molecule has 1 aromatic heterocycles. The molecule has 0 amide bonds. The van der Waals surface area contributed by atoms with E-state index in [9.17, 15) is 4.39 Å². The van der Waals surface area contributed by atoms with E-state index in [-0.39, 0.29) is 11.9 Å². The lowest BCUT2D eigenvalue weighted by Gasteiger charge is -2.14. The van der Waals surface area contributed by atoms with Gasteiger partial charge in [-0.25, -0.2) is 4.39 Å². The van der Waals surface area contributed by atoms with E-state index < -0.39 is 0 Å². The first-order valence-corrected chi connectivity index (χ1v) is 6.61. The summed E-state index contributed by atoms with van der Waals surface area (Å²) in [6.07, 6.45) is 0. The summed E-state index contributed by atoms with van der Waals surface area (Å²) >= 11 is 1.72. The largest absolute Gasteiger partial charge is 0.306 e. The third-order valence-corrected chi connectivity index (χ3v) is 3.82. The minimum Gasteiger partial charge on any atom is -0.306 e. The first-order valence-electron chi connectivity index (χ1n) is 5.67. The summed E-state index contributed by atoms with van der Waals surface area (Å²) in [6.45, 7) is 4.99. The van der Waals surface area contributed by atoms with Gasteiger partial charge in [-0.3, -0.25) is 0 Å². The average Bonchev–Trinajstić information content (AvgIpc) is 2.72. The number of thiophene rings is 1. The smallest absolute Gasteiger partial charge is 0.123 e. The Bertz CT molecular complexity index is 492. The third-order valence-electron chi connectivity index (χ3n) is 2.91. The van der Waals surface area contributed by atoms with Crippen molar-refractivity contribution >= 4 is 11.3 Å². The Morgan fingerprint density at radius 1 is 1.35 bits per heavy atom. The minimum absolute atomic E-state index is 0.157. The maximum atomic E-state index is 13.1. The van der Waals surface area contributed by atoms with E-state index in [4.69, 9.17) is 0 Å². The Balaban J connectivity index is 1.98. The number of hydrogen-bond acceptors (Lipinski definition) is 2. The highest BCUT2D eigenvalue weighted by atomic mass is 32.1. The second-order valence-electron chi connectivity index (χ2n) is 4.24. The average molecular weight is 249 g/mol. The molecule has 1 heterocycles. The van der Waals surface area contributed by atoms with Crippen LogP contribution in [0.4, 0.5) is 4.39 Å². The fraction of sp³-hybridized carbons (Fsp3) is 0.286. The molecule has 2 rings (SSSR count). The molecule has 90 valence electrons. The fourth-order valence-electron chi connectivity index (χ4n) is 1.72. The highest BCUT2D eigenvalue weighted by molar-refractivity contribution is 7.08. The highest BCUT2D eigenvalue weighted by Crippen LogP contribution is 2.17. The minimum atomic E-state index is -0.178. The topological polar surface area (TPSA) is 12.0 Å². The van der Waals surface area contributed by atoms with Crippen LogP contribution in [-0.4, -0.2) is 0 Å². The van der Waals surface area contributed by atoms with Gasteiger partial charge in [-0.1, -0.05) is 12.1 Å². The monoisotopic (exact) mass is 249 g/mol. The van der Waals surface area contributed by atoms with E-state index in [1.165, 1.54) is 17.2 Å². The molecule has 0 aliphatic rings. The first kappa shape index (κ1) is 12.3. The second-order valence-corrected chi connectivity index (χ2v) is 4.98. The molecule has 1 unspecified atom stereocenters. The zero-order valence-corrected chi connectivity index (χ0v) is 10.9. The summed E-state index contributed by atoms with van der Waals surface area (Å²) in [4.78, 5) is 0. The summed E-state index contributed by atoms with van der Waals surface area (Å²) in [7, 11) is 0. The molecule has 0 saturated heterocycles. The summed E-state index contributed by atoms with van der Waals surface area (Å²) in [5.41, 5.74) is 3.62. The third kappa shape index (κ3) is 3.14. The molecule has 1 nitrogen and oxygen atoms in total. The van der Waals surface area contributed by atoms with Crippen LogP contribution >= 0.6 is 11.3 Å². The quantitative estimate of drug-likeness (QED) is 0.862. The van der Waals surface area contributed by atoms with E-state index in [2.05, 4.69) is 29.9 Å². The van der Waals surface area contributed by atoms with Crippen LogP contribution in [0.1, 0.15) is 29.7 Å². The van der Waals surface area contributed by atoms with Crippen molar-refractivity contribution in [3.8, 4) is 0 Å². The lowest BCUT2D eigenvalue weighted by atomic mass is 10.1. The molecule has 0 radical (unpaired) electrons. The van der Waals surface area contributed by atoms with Crippen molar-refractivity contribution in [2.75, 3.05) is 0 Å². The van der Waals surface area contributed by atoms with Gasteiger partial charge in [0.25, 0.3) is 0 Å². The molecule has 0 aliphatic carbocycles. The summed E-state index contributed by atoms with van der Waals surface area (Å²) < 4.78 is 13.1. The molecule has 1 aromatic carbocycles. The van der Waals surface area contributed by atoms with Crippen LogP contribution in [0.2, 0.25) is 0 Å². The molecule has 0 fully saturated rings. The SMILES string of the molecule is Cc1cscc1CNC(C)c1cccc(F)c1. The van der Waals surface area contributed by atoms with Crippen LogP contribution < -0.4 is 5.32 Å². The van der Waals surface area contributed by atoms with Crippen LogP contribution in [-0.2, 0) is 6.54 Å². The summed E-state index contributed by atoms with van der Waals surface area (Å²) in [5.74, 6) is -0.178. The van der Waals surface area contributed by atoms with Crippen molar-refractivity contribution in [1.82, 2.24) is 5.32 Å². The predicted molar refractivity (Wildman–Crippen MR) is 70.7 cm³/mol. The Morgan fingerprint density at radius 3 is 2.82 bits per heavy atom. The Kier molecular flexibility index (Phi) is 3.92.